The van der Waals surface area contributed by atoms with E-state index in [1.807, 2.05) is 0 Å². The topological polar surface area (TPSA) is 43.7 Å². The first-order valence-electron chi connectivity index (χ1n) is 5.11. The Morgan fingerprint density at radius 3 is 2.53 bits per heavy atom. The first kappa shape index (κ1) is 14.2. The molecular weight excluding hydrogens is 252 g/mol. The lowest BCUT2D eigenvalue weighted by Crippen LogP contribution is -2.32. The zero-order valence-corrected chi connectivity index (χ0v) is 9.87. The third kappa shape index (κ3) is 4.11. The Morgan fingerprint density at radius 1 is 1.29 bits per heavy atom. The van der Waals surface area contributed by atoms with Crippen molar-refractivity contribution in [2.75, 3.05) is 24.6 Å². The fourth-order valence-corrected chi connectivity index (χ4v) is 1.73. The number of benzene rings is 1. The van der Waals surface area contributed by atoms with Gasteiger partial charge in [0, 0.05) is 22.8 Å². The Bertz CT molecular complexity index is 363. The summed E-state index contributed by atoms with van der Waals surface area (Å²) in [6, 6.07) is 4.66. The maximum atomic E-state index is 12.4. The zero-order valence-electron chi connectivity index (χ0n) is 9.11. The normalized spacial score (nSPS) is 10.9. The first-order valence-corrected chi connectivity index (χ1v) is 5.49. The van der Waals surface area contributed by atoms with Gasteiger partial charge in [0.1, 0.15) is 0 Å². The highest BCUT2D eigenvalue weighted by molar-refractivity contribution is 6.30. The maximum absolute atomic E-state index is 12.4. The number of nitrogens with zero attached hydrogens (tertiary/aromatic N) is 1. The molecule has 6 heteroatoms. The van der Waals surface area contributed by atoms with Gasteiger partial charge in [0.25, 0.3) is 6.43 Å². The lowest BCUT2D eigenvalue weighted by atomic mass is 10.1. The predicted octanol–water partition coefficient (Wildman–Crippen LogP) is 1.90. The highest BCUT2D eigenvalue weighted by Gasteiger charge is 2.15. The van der Waals surface area contributed by atoms with Gasteiger partial charge in [-0.1, -0.05) is 17.7 Å². The van der Waals surface area contributed by atoms with Gasteiger partial charge in [0.05, 0.1) is 19.8 Å². The minimum atomic E-state index is -2.52. The molecule has 0 fully saturated rings. The van der Waals surface area contributed by atoms with Crippen molar-refractivity contribution in [1.29, 1.82) is 0 Å². The van der Waals surface area contributed by atoms with E-state index in [9.17, 15) is 8.78 Å². The molecule has 0 unspecified atom stereocenters. The van der Waals surface area contributed by atoms with Crippen LogP contribution >= 0.6 is 11.6 Å². The third-order valence-electron chi connectivity index (χ3n) is 2.29. The van der Waals surface area contributed by atoms with Crippen molar-refractivity contribution in [2.45, 2.75) is 13.0 Å². The molecule has 1 aromatic rings. The van der Waals surface area contributed by atoms with Crippen LogP contribution in [0.3, 0.4) is 0 Å². The molecule has 0 aromatic heterocycles. The summed E-state index contributed by atoms with van der Waals surface area (Å²) < 4.78 is 24.8. The van der Waals surface area contributed by atoms with Gasteiger partial charge in [-0.05, 0) is 12.1 Å². The van der Waals surface area contributed by atoms with Crippen LogP contribution in [0.25, 0.3) is 0 Å². The fraction of sp³-hybridized carbons (Fsp3) is 0.455. The van der Waals surface area contributed by atoms with Crippen molar-refractivity contribution >= 4 is 17.3 Å². The number of rotatable bonds is 6. The second-order valence-corrected chi connectivity index (χ2v) is 3.93. The molecule has 0 bridgehead atoms. The first-order chi connectivity index (χ1) is 8.08. The zero-order chi connectivity index (χ0) is 12.8. The van der Waals surface area contributed by atoms with Crippen LogP contribution in [0.15, 0.2) is 18.2 Å². The van der Waals surface area contributed by atoms with Gasteiger partial charge in [-0.25, -0.2) is 8.78 Å². The van der Waals surface area contributed by atoms with Gasteiger partial charge in [-0.15, -0.1) is 0 Å². The van der Waals surface area contributed by atoms with Crippen molar-refractivity contribution < 1.29 is 19.0 Å². The molecule has 96 valence electrons. The quantitative estimate of drug-likeness (QED) is 0.826. The Morgan fingerprint density at radius 2 is 2.00 bits per heavy atom. The second-order valence-electron chi connectivity index (χ2n) is 3.49. The molecule has 0 heterocycles. The molecule has 0 aliphatic heterocycles. The van der Waals surface area contributed by atoms with Crippen LogP contribution in [-0.4, -0.2) is 36.3 Å². The molecule has 0 aliphatic carbocycles. The molecule has 17 heavy (non-hydrogen) atoms. The van der Waals surface area contributed by atoms with E-state index < -0.39 is 13.0 Å². The van der Waals surface area contributed by atoms with E-state index in [4.69, 9.17) is 21.8 Å². The molecule has 0 saturated carbocycles. The van der Waals surface area contributed by atoms with E-state index in [-0.39, 0.29) is 19.8 Å². The lowest BCUT2D eigenvalue weighted by Gasteiger charge is -2.25. The summed E-state index contributed by atoms with van der Waals surface area (Å²) in [5, 5.41) is 18.4. The summed E-state index contributed by atoms with van der Waals surface area (Å²) >= 11 is 5.80. The number of alkyl halides is 2. The summed E-state index contributed by atoms with van der Waals surface area (Å²) in [4.78, 5) is 1.31. The summed E-state index contributed by atoms with van der Waals surface area (Å²) in [6.45, 7) is -0.951. The van der Waals surface area contributed by atoms with Crippen molar-refractivity contribution in [1.82, 2.24) is 0 Å². The number of hydrogen-bond donors (Lipinski definition) is 2. The number of aliphatic hydroxyl groups excluding tert-OH is 2. The van der Waals surface area contributed by atoms with Gasteiger partial charge in [0.2, 0.25) is 0 Å². The van der Waals surface area contributed by atoms with Crippen molar-refractivity contribution in [2.24, 2.45) is 0 Å². The van der Waals surface area contributed by atoms with E-state index in [0.29, 0.717) is 16.3 Å². The minimum absolute atomic E-state index is 0.0671. The standard InChI is InChI=1S/C11H14ClF2NO2/c12-9-2-1-8(7-17)10(5-9)15(3-4-16)6-11(13)14/h1-2,5,11,16-17H,3-4,6-7H2. The van der Waals surface area contributed by atoms with Gasteiger partial charge in [-0.3, -0.25) is 0 Å². The molecule has 0 aliphatic rings. The van der Waals surface area contributed by atoms with Gasteiger partial charge >= 0.3 is 0 Å². The Balaban J connectivity index is 3.02. The summed E-state index contributed by atoms with van der Waals surface area (Å²) in [6.07, 6.45) is -2.52. The van der Waals surface area contributed by atoms with Crippen molar-refractivity contribution in [3.05, 3.63) is 28.8 Å². The molecule has 0 radical (unpaired) electrons. The molecule has 3 nitrogen and oxygen atoms in total. The molecule has 1 aromatic carbocycles. The van der Waals surface area contributed by atoms with E-state index in [2.05, 4.69) is 0 Å². The van der Waals surface area contributed by atoms with Crippen molar-refractivity contribution in [3.63, 3.8) is 0 Å². The Hall–Kier alpha value is -0.910. The number of aliphatic hydroxyl groups is 2. The van der Waals surface area contributed by atoms with Crippen LogP contribution < -0.4 is 4.90 Å². The van der Waals surface area contributed by atoms with Crippen LogP contribution in [0.4, 0.5) is 14.5 Å². The third-order valence-corrected chi connectivity index (χ3v) is 2.52. The molecule has 0 spiro atoms. The summed E-state index contributed by atoms with van der Waals surface area (Å²) in [5.41, 5.74) is 0.929. The Kier molecular flexibility index (Phi) is 5.61. The van der Waals surface area contributed by atoms with Gasteiger partial charge in [0.15, 0.2) is 0 Å². The molecule has 2 N–H and O–H groups in total. The lowest BCUT2D eigenvalue weighted by molar-refractivity contribution is 0.152. The second kappa shape index (κ2) is 6.74. The summed E-state index contributed by atoms with van der Waals surface area (Å²) in [5.74, 6) is 0. The minimum Gasteiger partial charge on any atom is -0.395 e. The molecule has 0 saturated heterocycles. The largest absolute Gasteiger partial charge is 0.395 e. The van der Waals surface area contributed by atoms with Gasteiger partial charge in [-0.2, -0.15) is 0 Å². The van der Waals surface area contributed by atoms with Crippen LogP contribution in [0.1, 0.15) is 5.56 Å². The molecule has 0 amide bonds. The smallest absolute Gasteiger partial charge is 0.255 e. The van der Waals surface area contributed by atoms with Crippen LogP contribution in [0.5, 0.6) is 0 Å². The van der Waals surface area contributed by atoms with Crippen molar-refractivity contribution in [3.8, 4) is 0 Å². The maximum Gasteiger partial charge on any atom is 0.255 e. The number of hydrogen-bond acceptors (Lipinski definition) is 3. The highest BCUT2D eigenvalue weighted by atomic mass is 35.5. The van der Waals surface area contributed by atoms with Crippen LogP contribution in [-0.2, 0) is 6.61 Å². The SMILES string of the molecule is OCCN(CC(F)F)c1cc(Cl)ccc1CO. The molecule has 0 atom stereocenters. The van der Waals surface area contributed by atoms with E-state index in [0.717, 1.165) is 0 Å². The van der Waals surface area contributed by atoms with E-state index in [1.165, 1.54) is 11.0 Å². The monoisotopic (exact) mass is 265 g/mol. The Labute approximate surface area is 103 Å². The van der Waals surface area contributed by atoms with Crippen LogP contribution in [0.2, 0.25) is 5.02 Å². The van der Waals surface area contributed by atoms with E-state index >= 15 is 0 Å². The fourth-order valence-electron chi connectivity index (χ4n) is 1.56. The molecule has 1 rings (SSSR count). The molecular formula is C11H14ClF2NO2. The summed E-state index contributed by atoms with van der Waals surface area (Å²) in [7, 11) is 0. The number of halogens is 3. The van der Waals surface area contributed by atoms with Gasteiger partial charge < -0.3 is 15.1 Å². The van der Waals surface area contributed by atoms with E-state index in [1.54, 1.807) is 12.1 Å². The number of anilines is 1. The van der Waals surface area contributed by atoms with Crippen LogP contribution in [0, 0.1) is 0 Å². The highest BCUT2D eigenvalue weighted by Crippen LogP contribution is 2.25. The average molecular weight is 266 g/mol. The average Bonchev–Trinajstić information content (AvgIpc) is 2.28. The predicted molar refractivity (Wildman–Crippen MR) is 62.7 cm³/mol.